The fraction of sp³-hybridized carbons (Fsp3) is 0.263. The van der Waals surface area contributed by atoms with Crippen molar-refractivity contribution < 1.29 is 22.4 Å². The molecule has 0 bridgehead atoms. The Morgan fingerprint density at radius 3 is 2.44 bits per heavy atom. The highest BCUT2D eigenvalue weighted by Gasteiger charge is 2.18. The Morgan fingerprint density at radius 1 is 1.07 bits per heavy atom. The molecular weight excluding hydrogens is 368 g/mol. The summed E-state index contributed by atoms with van der Waals surface area (Å²) in [4.78, 5) is 8.34. The Bertz CT molecular complexity index is 1080. The number of ether oxygens (including phenoxy) is 2. The van der Waals surface area contributed by atoms with Crippen LogP contribution in [0.1, 0.15) is 12.5 Å². The number of nitrogens with zero attached hydrogens (tertiary/aromatic N) is 2. The zero-order chi connectivity index (χ0) is 19.6. The van der Waals surface area contributed by atoms with E-state index in [1.165, 1.54) is 21.1 Å². The molecule has 0 aliphatic carbocycles. The normalized spacial score (nSPS) is 12.7. The summed E-state index contributed by atoms with van der Waals surface area (Å²) >= 11 is 0. The molecule has 1 aromatic heterocycles. The topological polar surface area (TPSA) is 98.6 Å². The van der Waals surface area contributed by atoms with E-state index < -0.39 is 15.4 Å². The molecule has 0 aliphatic heterocycles. The predicted molar refractivity (Wildman–Crippen MR) is 103 cm³/mol. The summed E-state index contributed by atoms with van der Waals surface area (Å²) in [6.45, 7) is 1.48. The highest BCUT2D eigenvalue weighted by molar-refractivity contribution is 7.86. The molecule has 0 amide bonds. The second-order valence-electron chi connectivity index (χ2n) is 6.21. The lowest BCUT2D eigenvalue weighted by Crippen LogP contribution is -2.19. The van der Waals surface area contributed by atoms with Gasteiger partial charge in [0.15, 0.2) is 0 Å². The lowest BCUT2D eigenvalue weighted by atomic mass is 10.00. The largest absolute Gasteiger partial charge is 0.480 e. The molecule has 0 radical (unpaired) electrons. The van der Waals surface area contributed by atoms with E-state index in [1.807, 2.05) is 36.4 Å². The quantitative estimate of drug-likeness (QED) is 0.648. The molecule has 1 atom stereocenters. The van der Waals surface area contributed by atoms with Crippen molar-refractivity contribution in [3.63, 3.8) is 0 Å². The van der Waals surface area contributed by atoms with Gasteiger partial charge in [-0.25, -0.2) is 4.98 Å². The van der Waals surface area contributed by atoms with Crippen LogP contribution < -0.4 is 9.47 Å². The van der Waals surface area contributed by atoms with Crippen molar-refractivity contribution in [2.75, 3.05) is 14.2 Å². The van der Waals surface area contributed by atoms with Crippen LogP contribution in [0.2, 0.25) is 0 Å². The summed E-state index contributed by atoms with van der Waals surface area (Å²) in [6.07, 6.45) is 1.89. The second kappa shape index (κ2) is 7.50. The van der Waals surface area contributed by atoms with E-state index in [1.54, 1.807) is 6.20 Å². The zero-order valence-electron chi connectivity index (χ0n) is 15.2. The lowest BCUT2D eigenvalue weighted by Gasteiger charge is -2.11. The van der Waals surface area contributed by atoms with Gasteiger partial charge in [-0.2, -0.15) is 13.4 Å². The number of benzene rings is 2. The second-order valence-corrected chi connectivity index (χ2v) is 8.04. The third-order valence-corrected chi connectivity index (χ3v) is 5.54. The van der Waals surface area contributed by atoms with Crippen LogP contribution in [0.4, 0.5) is 0 Å². The van der Waals surface area contributed by atoms with Gasteiger partial charge in [-0.3, -0.25) is 4.55 Å². The maximum Gasteiger partial charge on any atom is 0.319 e. The minimum Gasteiger partial charge on any atom is -0.480 e. The van der Waals surface area contributed by atoms with E-state index in [2.05, 4.69) is 9.97 Å². The van der Waals surface area contributed by atoms with Gasteiger partial charge in [0.25, 0.3) is 10.1 Å². The minimum absolute atomic E-state index is 0.231. The number of hydrogen-bond acceptors (Lipinski definition) is 6. The monoisotopic (exact) mass is 388 g/mol. The minimum atomic E-state index is -4.05. The standard InChI is InChI=1S/C19H20N2O5S/c1-12(27(22,23)24)8-13-4-5-15-10-16(7-6-14(15)9-13)17-11-20-19(26-3)21-18(17)25-2/h4-7,9-12H,8H2,1-3H3,(H,22,23,24). The fourth-order valence-corrected chi connectivity index (χ4v) is 3.23. The first-order valence-electron chi connectivity index (χ1n) is 8.26. The third-order valence-electron chi connectivity index (χ3n) is 4.35. The Kier molecular flexibility index (Phi) is 5.29. The molecule has 142 valence electrons. The van der Waals surface area contributed by atoms with Crippen molar-refractivity contribution in [1.82, 2.24) is 9.97 Å². The van der Waals surface area contributed by atoms with Gasteiger partial charge >= 0.3 is 6.01 Å². The van der Waals surface area contributed by atoms with Crippen LogP contribution in [0, 0.1) is 0 Å². The van der Waals surface area contributed by atoms with Gasteiger partial charge in [-0.15, -0.1) is 0 Å². The molecule has 0 spiro atoms. The Labute approximate surface area is 157 Å². The molecule has 1 heterocycles. The van der Waals surface area contributed by atoms with Gasteiger partial charge in [0.05, 0.1) is 25.0 Å². The Balaban J connectivity index is 1.96. The third kappa shape index (κ3) is 4.17. The van der Waals surface area contributed by atoms with Crippen molar-refractivity contribution in [1.29, 1.82) is 0 Å². The average molecular weight is 388 g/mol. The summed E-state index contributed by atoms with van der Waals surface area (Å²) in [7, 11) is -1.02. The maximum absolute atomic E-state index is 11.2. The molecule has 2 aromatic carbocycles. The maximum atomic E-state index is 11.2. The summed E-state index contributed by atoms with van der Waals surface area (Å²) in [5.74, 6) is 0.416. The molecular formula is C19H20N2O5S. The smallest absolute Gasteiger partial charge is 0.319 e. The van der Waals surface area contributed by atoms with E-state index in [0.29, 0.717) is 5.88 Å². The van der Waals surface area contributed by atoms with Gasteiger partial charge < -0.3 is 9.47 Å². The van der Waals surface area contributed by atoms with E-state index in [-0.39, 0.29) is 12.4 Å². The molecule has 7 nitrogen and oxygen atoms in total. The van der Waals surface area contributed by atoms with Gasteiger partial charge in [-0.05, 0) is 41.3 Å². The fourth-order valence-electron chi connectivity index (χ4n) is 2.83. The van der Waals surface area contributed by atoms with Crippen LogP contribution in [0.5, 0.6) is 11.9 Å². The van der Waals surface area contributed by atoms with Crippen LogP contribution in [-0.4, -0.2) is 42.4 Å². The average Bonchev–Trinajstić information content (AvgIpc) is 2.66. The van der Waals surface area contributed by atoms with Gasteiger partial charge in [0.1, 0.15) is 0 Å². The summed E-state index contributed by atoms with van der Waals surface area (Å²) in [6, 6.07) is 11.8. The number of fused-ring (bicyclic) bond motifs is 1. The van der Waals surface area contributed by atoms with Crippen LogP contribution in [0.15, 0.2) is 42.6 Å². The highest BCUT2D eigenvalue weighted by atomic mass is 32.2. The first-order chi connectivity index (χ1) is 12.8. The van der Waals surface area contributed by atoms with Crippen LogP contribution >= 0.6 is 0 Å². The van der Waals surface area contributed by atoms with Crippen LogP contribution in [0.25, 0.3) is 21.9 Å². The molecule has 27 heavy (non-hydrogen) atoms. The lowest BCUT2D eigenvalue weighted by molar-refractivity contribution is 0.353. The van der Waals surface area contributed by atoms with Crippen molar-refractivity contribution in [2.45, 2.75) is 18.6 Å². The number of rotatable bonds is 6. The molecule has 3 aromatic rings. The number of hydrogen-bond donors (Lipinski definition) is 1. The molecule has 1 N–H and O–H groups in total. The Morgan fingerprint density at radius 2 is 1.78 bits per heavy atom. The van der Waals surface area contributed by atoms with E-state index in [0.717, 1.165) is 27.5 Å². The van der Waals surface area contributed by atoms with Crippen molar-refractivity contribution in [3.05, 3.63) is 48.2 Å². The molecule has 0 saturated heterocycles. The summed E-state index contributed by atoms with van der Waals surface area (Å²) in [5.41, 5.74) is 2.47. The number of aromatic nitrogens is 2. The molecule has 0 aliphatic rings. The van der Waals surface area contributed by atoms with Crippen molar-refractivity contribution >= 4 is 20.9 Å². The van der Waals surface area contributed by atoms with Gasteiger partial charge in [0, 0.05) is 6.20 Å². The molecule has 3 rings (SSSR count). The van der Waals surface area contributed by atoms with Crippen LogP contribution in [0.3, 0.4) is 0 Å². The van der Waals surface area contributed by atoms with Crippen LogP contribution in [-0.2, 0) is 16.5 Å². The van der Waals surface area contributed by atoms with E-state index in [4.69, 9.17) is 14.0 Å². The predicted octanol–water partition coefficient (Wildman–Crippen LogP) is 3.13. The molecule has 8 heteroatoms. The van der Waals surface area contributed by atoms with Crippen molar-refractivity contribution in [2.24, 2.45) is 0 Å². The SMILES string of the molecule is COc1ncc(-c2ccc3cc(CC(C)S(=O)(=O)O)ccc3c2)c(OC)n1. The van der Waals surface area contributed by atoms with Gasteiger partial charge in [-0.1, -0.05) is 30.3 Å². The van der Waals surface area contributed by atoms with E-state index in [9.17, 15) is 8.42 Å². The first kappa shape index (κ1) is 19.1. The number of methoxy groups -OCH3 is 2. The molecule has 1 unspecified atom stereocenters. The first-order valence-corrected chi connectivity index (χ1v) is 9.76. The van der Waals surface area contributed by atoms with Gasteiger partial charge in [0.2, 0.25) is 5.88 Å². The Hall–Kier alpha value is -2.71. The highest BCUT2D eigenvalue weighted by Crippen LogP contribution is 2.31. The summed E-state index contributed by atoms with van der Waals surface area (Å²) < 4.78 is 42.0. The zero-order valence-corrected chi connectivity index (χ0v) is 16.0. The van der Waals surface area contributed by atoms with E-state index >= 15 is 0 Å². The summed E-state index contributed by atoms with van der Waals surface area (Å²) in [5, 5.41) is 1.09. The molecule has 0 saturated carbocycles. The van der Waals surface area contributed by atoms with Crippen molar-refractivity contribution in [3.8, 4) is 23.0 Å². The molecule has 0 fully saturated rings.